The summed E-state index contributed by atoms with van der Waals surface area (Å²) in [6.07, 6.45) is 0.404. The molecule has 0 spiro atoms. The van der Waals surface area contributed by atoms with E-state index in [4.69, 9.17) is 4.74 Å². The van der Waals surface area contributed by atoms with Gasteiger partial charge in [0.15, 0.2) is 0 Å². The summed E-state index contributed by atoms with van der Waals surface area (Å²) in [5.41, 5.74) is 1.33. The van der Waals surface area contributed by atoms with Crippen LogP contribution in [0.4, 0.5) is 5.69 Å². The number of rotatable bonds is 6. The van der Waals surface area contributed by atoms with Gasteiger partial charge in [0.25, 0.3) is 5.91 Å². The van der Waals surface area contributed by atoms with Crippen LogP contribution in [0.5, 0.6) is 0 Å². The largest absolute Gasteiger partial charge is 0.480 e. The Morgan fingerprint density at radius 3 is 2.52 bits per heavy atom. The molecular formula is C17H24N2O4. The zero-order chi connectivity index (χ0) is 16.8. The van der Waals surface area contributed by atoms with Gasteiger partial charge in [-0.1, -0.05) is 26.0 Å². The quantitative estimate of drug-likeness (QED) is 0.835. The molecule has 0 aliphatic carbocycles. The van der Waals surface area contributed by atoms with Crippen molar-refractivity contribution in [3.05, 3.63) is 29.8 Å². The van der Waals surface area contributed by atoms with Crippen LogP contribution in [0.3, 0.4) is 0 Å². The molecule has 2 N–H and O–H groups in total. The third-order valence-electron chi connectivity index (χ3n) is 3.81. The van der Waals surface area contributed by atoms with Crippen LogP contribution in [0.2, 0.25) is 0 Å². The fourth-order valence-corrected chi connectivity index (χ4v) is 2.67. The predicted molar refractivity (Wildman–Crippen MR) is 87.8 cm³/mol. The normalized spacial score (nSPS) is 16.2. The standard InChI is InChI=1S/C17H24N2O4/c1-12(2)11-14(17(21)22)18-16(20)13-5-3-4-6-15(13)19-7-9-23-10-8-19/h3-6,12,14H,7-11H2,1-2H3,(H,18,20)(H,21,22)/t14-/m1/s1. The Morgan fingerprint density at radius 2 is 1.91 bits per heavy atom. The number of carboxylic acid groups (broad SMARTS) is 1. The van der Waals surface area contributed by atoms with Crippen LogP contribution in [0.15, 0.2) is 24.3 Å². The number of anilines is 1. The summed E-state index contributed by atoms with van der Waals surface area (Å²) in [7, 11) is 0. The number of nitrogens with one attached hydrogen (secondary N) is 1. The van der Waals surface area contributed by atoms with E-state index in [2.05, 4.69) is 10.2 Å². The minimum Gasteiger partial charge on any atom is -0.480 e. The average molecular weight is 320 g/mol. The molecule has 0 bridgehead atoms. The van der Waals surface area contributed by atoms with E-state index < -0.39 is 12.0 Å². The van der Waals surface area contributed by atoms with Gasteiger partial charge in [-0.05, 0) is 24.5 Å². The van der Waals surface area contributed by atoms with Crippen LogP contribution in [0.25, 0.3) is 0 Å². The number of carbonyl (C=O) groups excluding carboxylic acids is 1. The molecule has 2 rings (SSSR count). The number of para-hydroxylation sites is 1. The van der Waals surface area contributed by atoms with Crippen LogP contribution in [-0.2, 0) is 9.53 Å². The Kier molecular flexibility index (Phi) is 5.98. The Hall–Kier alpha value is -2.08. The number of benzene rings is 1. The van der Waals surface area contributed by atoms with Gasteiger partial charge in [-0.25, -0.2) is 4.79 Å². The van der Waals surface area contributed by atoms with Crippen molar-refractivity contribution < 1.29 is 19.4 Å². The van der Waals surface area contributed by atoms with E-state index >= 15 is 0 Å². The minimum absolute atomic E-state index is 0.186. The van der Waals surface area contributed by atoms with Crippen molar-refractivity contribution in [1.29, 1.82) is 0 Å². The molecule has 1 aromatic carbocycles. The van der Waals surface area contributed by atoms with Crippen molar-refractivity contribution in [3.8, 4) is 0 Å². The first-order valence-electron chi connectivity index (χ1n) is 7.94. The maximum Gasteiger partial charge on any atom is 0.326 e. The highest BCUT2D eigenvalue weighted by Gasteiger charge is 2.24. The number of carbonyl (C=O) groups is 2. The molecule has 1 atom stereocenters. The molecular weight excluding hydrogens is 296 g/mol. The zero-order valence-electron chi connectivity index (χ0n) is 13.6. The van der Waals surface area contributed by atoms with E-state index in [0.29, 0.717) is 25.2 Å². The minimum atomic E-state index is -1.00. The average Bonchev–Trinajstić information content (AvgIpc) is 2.54. The SMILES string of the molecule is CC(C)C[C@@H](NC(=O)c1ccccc1N1CCOCC1)C(=O)O. The predicted octanol–water partition coefficient (Wildman–Crippen LogP) is 1.75. The highest BCUT2D eigenvalue weighted by Crippen LogP contribution is 2.21. The first-order chi connectivity index (χ1) is 11.0. The summed E-state index contributed by atoms with van der Waals surface area (Å²) in [6, 6.07) is 6.41. The van der Waals surface area contributed by atoms with Gasteiger partial charge < -0.3 is 20.1 Å². The first kappa shape index (κ1) is 17.3. The summed E-state index contributed by atoms with van der Waals surface area (Å²) < 4.78 is 5.34. The topological polar surface area (TPSA) is 78.9 Å². The Labute approximate surface area is 136 Å². The smallest absolute Gasteiger partial charge is 0.326 e. The summed E-state index contributed by atoms with van der Waals surface area (Å²) >= 11 is 0. The lowest BCUT2D eigenvalue weighted by Gasteiger charge is -2.30. The van der Waals surface area contributed by atoms with E-state index in [-0.39, 0.29) is 11.8 Å². The summed E-state index contributed by atoms with van der Waals surface area (Å²) in [5, 5.41) is 11.9. The number of ether oxygens (including phenoxy) is 1. The summed E-state index contributed by atoms with van der Waals surface area (Å²) in [6.45, 7) is 6.56. The van der Waals surface area contributed by atoms with Crippen LogP contribution >= 0.6 is 0 Å². The number of hydrogen-bond donors (Lipinski definition) is 2. The van der Waals surface area contributed by atoms with Gasteiger partial charge >= 0.3 is 5.97 Å². The van der Waals surface area contributed by atoms with Crippen LogP contribution < -0.4 is 10.2 Å². The van der Waals surface area contributed by atoms with Gasteiger partial charge in [0.2, 0.25) is 0 Å². The molecule has 1 saturated heterocycles. The highest BCUT2D eigenvalue weighted by atomic mass is 16.5. The zero-order valence-corrected chi connectivity index (χ0v) is 13.6. The fraction of sp³-hybridized carbons (Fsp3) is 0.529. The van der Waals surface area contributed by atoms with Gasteiger partial charge in [0.05, 0.1) is 18.8 Å². The third-order valence-corrected chi connectivity index (χ3v) is 3.81. The van der Waals surface area contributed by atoms with Crippen LogP contribution in [0, 0.1) is 5.92 Å². The van der Waals surface area contributed by atoms with Crippen LogP contribution in [0.1, 0.15) is 30.6 Å². The number of hydrogen-bond acceptors (Lipinski definition) is 4. The second-order valence-corrected chi connectivity index (χ2v) is 6.11. The molecule has 0 saturated carbocycles. The van der Waals surface area contributed by atoms with Crippen molar-refractivity contribution in [2.75, 3.05) is 31.2 Å². The molecule has 1 fully saturated rings. The van der Waals surface area contributed by atoms with E-state index in [0.717, 1.165) is 18.8 Å². The molecule has 0 unspecified atom stereocenters. The molecule has 23 heavy (non-hydrogen) atoms. The van der Waals surface area contributed by atoms with Crippen molar-refractivity contribution in [2.45, 2.75) is 26.3 Å². The second-order valence-electron chi connectivity index (χ2n) is 6.11. The molecule has 1 amide bonds. The van der Waals surface area contributed by atoms with E-state index in [1.807, 2.05) is 26.0 Å². The molecule has 1 aliphatic rings. The van der Waals surface area contributed by atoms with Gasteiger partial charge in [-0.15, -0.1) is 0 Å². The van der Waals surface area contributed by atoms with Crippen molar-refractivity contribution >= 4 is 17.6 Å². The van der Waals surface area contributed by atoms with Crippen molar-refractivity contribution in [2.24, 2.45) is 5.92 Å². The molecule has 0 aromatic heterocycles. The summed E-state index contributed by atoms with van der Waals surface area (Å²) in [4.78, 5) is 26.0. The molecule has 6 heteroatoms. The van der Waals surface area contributed by atoms with Gasteiger partial charge in [0, 0.05) is 18.8 Å². The number of morpholine rings is 1. The molecule has 0 radical (unpaired) electrons. The van der Waals surface area contributed by atoms with E-state index in [1.165, 1.54) is 0 Å². The third kappa shape index (κ3) is 4.69. The number of carboxylic acids is 1. The molecule has 1 heterocycles. The Morgan fingerprint density at radius 1 is 1.26 bits per heavy atom. The molecule has 126 valence electrons. The molecule has 1 aromatic rings. The van der Waals surface area contributed by atoms with E-state index in [9.17, 15) is 14.7 Å². The van der Waals surface area contributed by atoms with Gasteiger partial charge in [0.1, 0.15) is 6.04 Å². The molecule has 6 nitrogen and oxygen atoms in total. The lowest BCUT2D eigenvalue weighted by atomic mass is 10.0. The lowest BCUT2D eigenvalue weighted by Crippen LogP contribution is -2.43. The lowest BCUT2D eigenvalue weighted by molar-refractivity contribution is -0.139. The number of amides is 1. The van der Waals surface area contributed by atoms with E-state index in [1.54, 1.807) is 12.1 Å². The van der Waals surface area contributed by atoms with Crippen molar-refractivity contribution in [1.82, 2.24) is 5.32 Å². The second kappa shape index (κ2) is 7.97. The number of nitrogens with zero attached hydrogens (tertiary/aromatic N) is 1. The van der Waals surface area contributed by atoms with Crippen molar-refractivity contribution in [3.63, 3.8) is 0 Å². The Balaban J connectivity index is 2.16. The van der Waals surface area contributed by atoms with Gasteiger partial charge in [-0.2, -0.15) is 0 Å². The fourth-order valence-electron chi connectivity index (χ4n) is 2.67. The Bertz CT molecular complexity index is 553. The number of aliphatic carboxylic acids is 1. The van der Waals surface area contributed by atoms with Crippen LogP contribution in [-0.4, -0.2) is 49.3 Å². The van der Waals surface area contributed by atoms with Gasteiger partial charge in [-0.3, -0.25) is 4.79 Å². The maximum absolute atomic E-state index is 12.6. The highest BCUT2D eigenvalue weighted by molar-refractivity contribution is 6.01. The maximum atomic E-state index is 12.6. The molecule has 1 aliphatic heterocycles. The first-order valence-corrected chi connectivity index (χ1v) is 7.94. The monoisotopic (exact) mass is 320 g/mol. The summed E-state index contributed by atoms with van der Waals surface area (Å²) in [5.74, 6) is -1.16.